The molecule has 0 aromatic heterocycles. The number of hydrogen-bond donors (Lipinski definition) is 1. The normalized spacial score (nSPS) is 17.9. The van der Waals surface area contributed by atoms with Crippen LogP contribution in [0.3, 0.4) is 0 Å². The van der Waals surface area contributed by atoms with Crippen LogP contribution in [0.25, 0.3) is 0 Å². The molecular formula is C18H29NO2. The maximum Gasteiger partial charge on any atom is 0.0587 e. The van der Waals surface area contributed by atoms with Gasteiger partial charge in [-0.2, -0.15) is 0 Å². The van der Waals surface area contributed by atoms with Gasteiger partial charge in [-0.15, -0.1) is 0 Å². The van der Waals surface area contributed by atoms with Gasteiger partial charge in [0.15, 0.2) is 0 Å². The molecule has 118 valence electrons. The summed E-state index contributed by atoms with van der Waals surface area (Å²) in [5.74, 6) is 0. The molecule has 0 unspecified atom stereocenters. The second-order valence-electron chi connectivity index (χ2n) is 6.39. The van der Waals surface area contributed by atoms with Crippen molar-refractivity contribution < 1.29 is 9.47 Å². The number of ether oxygens (including phenoxy) is 2. The molecule has 3 nitrogen and oxygen atoms in total. The standard InChI is InChI=1S/C18H29NO2/c1-15-4-5-16(2)17(12-15)13-18(6-9-21-10-7-18)14-19-8-11-20-3/h4-5,12,19H,6-11,13-14H2,1-3H3. The first-order chi connectivity index (χ1) is 10.2. The molecule has 0 radical (unpaired) electrons. The lowest BCUT2D eigenvalue weighted by atomic mass is 9.74. The Balaban J connectivity index is 2.06. The van der Waals surface area contributed by atoms with Gasteiger partial charge in [0, 0.05) is 33.4 Å². The van der Waals surface area contributed by atoms with Gasteiger partial charge in [-0.25, -0.2) is 0 Å². The Hall–Kier alpha value is -0.900. The molecule has 1 aliphatic heterocycles. The molecule has 0 spiro atoms. The first-order valence-electron chi connectivity index (χ1n) is 7.99. The number of nitrogens with one attached hydrogen (secondary N) is 1. The Kier molecular flexibility index (Phi) is 6.22. The fraction of sp³-hybridized carbons (Fsp3) is 0.667. The lowest BCUT2D eigenvalue weighted by Crippen LogP contribution is -2.41. The van der Waals surface area contributed by atoms with Crippen LogP contribution < -0.4 is 5.32 Å². The fourth-order valence-corrected chi connectivity index (χ4v) is 3.14. The predicted octanol–water partition coefficient (Wildman–Crippen LogP) is 2.88. The molecular weight excluding hydrogens is 262 g/mol. The molecule has 21 heavy (non-hydrogen) atoms. The van der Waals surface area contributed by atoms with Crippen molar-refractivity contribution in [2.24, 2.45) is 5.41 Å². The first kappa shape index (κ1) is 16.5. The maximum atomic E-state index is 5.59. The molecule has 1 N–H and O–H groups in total. The Morgan fingerprint density at radius 2 is 2.00 bits per heavy atom. The van der Waals surface area contributed by atoms with E-state index >= 15 is 0 Å². The summed E-state index contributed by atoms with van der Waals surface area (Å²) in [6.07, 6.45) is 3.42. The summed E-state index contributed by atoms with van der Waals surface area (Å²) in [7, 11) is 1.75. The third-order valence-electron chi connectivity index (χ3n) is 4.61. The van der Waals surface area contributed by atoms with Crippen LogP contribution in [0.15, 0.2) is 18.2 Å². The SMILES string of the molecule is COCCNCC1(Cc2cc(C)ccc2C)CCOCC1. The van der Waals surface area contributed by atoms with Crippen LogP contribution in [0.2, 0.25) is 0 Å². The van der Waals surface area contributed by atoms with Crippen LogP contribution in [-0.2, 0) is 15.9 Å². The average molecular weight is 291 g/mol. The molecule has 0 saturated carbocycles. The molecule has 0 aliphatic carbocycles. The number of methoxy groups -OCH3 is 1. The van der Waals surface area contributed by atoms with Crippen molar-refractivity contribution in [3.63, 3.8) is 0 Å². The van der Waals surface area contributed by atoms with Gasteiger partial charge < -0.3 is 14.8 Å². The van der Waals surface area contributed by atoms with Crippen molar-refractivity contribution in [3.05, 3.63) is 34.9 Å². The summed E-state index contributed by atoms with van der Waals surface area (Å²) in [5, 5.41) is 3.57. The highest BCUT2D eigenvalue weighted by molar-refractivity contribution is 5.31. The zero-order valence-corrected chi connectivity index (χ0v) is 13.7. The van der Waals surface area contributed by atoms with E-state index in [4.69, 9.17) is 9.47 Å². The van der Waals surface area contributed by atoms with Crippen LogP contribution >= 0.6 is 0 Å². The van der Waals surface area contributed by atoms with Gasteiger partial charge in [0.1, 0.15) is 0 Å². The lowest BCUT2D eigenvalue weighted by molar-refractivity contribution is 0.0142. The fourth-order valence-electron chi connectivity index (χ4n) is 3.14. The Labute approximate surface area is 129 Å². The van der Waals surface area contributed by atoms with E-state index in [0.29, 0.717) is 5.41 Å². The van der Waals surface area contributed by atoms with Crippen molar-refractivity contribution in [2.75, 3.05) is 40.0 Å². The number of aryl methyl sites for hydroxylation is 2. The van der Waals surface area contributed by atoms with E-state index in [9.17, 15) is 0 Å². The summed E-state index contributed by atoms with van der Waals surface area (Å²) >= 11 is 0. The van der Waals surface area contributed by atoms with Crippen LogP contribution in [0, 0.1) is 19.3 Å². The molecule has 0 amide bonds. The molecule has 1 fully saturated rings. The van der Waals surface area contributed by atoms with Gasteiger partial charge in [-0.1, -0.05) is 23.8 Å². The molecule has 3 heteroatoms. The van der Waals surface area contributed by atoms with E-state index in [1.807, 2.05) is 0 Å². The number of hydrogen-bond acceptors (Lipinski definition) is 3. The number of rotatable bonds is 7. The van der Waals surface area contributed by atoms with Crippen molar-refractivity contribution in [2.45, 2.75) is 33.1 Å². The van der Waals surface area contributed by atoms with Gasteiger partial charge in [0.05, 0.1) is 6.61 Å². The Morgan fingerprint density at radius 3 is 2.71 bits per heavy atom. The third kappa shape index (κ3) is 4.80. The highest BCUT2D eigenvalue weighted by atomic mass is 16.5. The van der Waals surface area contributed by atoms with E-state index < -0.39 is 0 Å². The largest absolute Gasteiger partial charge is 0.383 e. The van der Waals surface area contributed by atoms with E-state index in [1.165, 1.54) is 16.7 Å². The van der Waals surface area contributed by atoms with Crippen LogP contribution in [0.5, 0.6) is 0 Å². The molecule has 0 atom stereocenters. The molecule has 0 bridgehead atoms. The van der Waals surface area contributed by atoms with Gasteiger partial charge in [0.25, 0.3) is 0 Å². The summed E-state index contributed by atoms with van der Waals surface area (Å²) in [6.45, 7) is 8.92. The molecule has 1 aromatic rings. The minimum absolute atomic E-state index is 0.324. The minimum Gasteiger partial charge on any atom is -0.383 e. The van der Waals surface area contributed by atoms with Crippen molar-refractivity contribution in [3.8, 4) is 0 Å². The highest BCUT2D eigenvalue weighted by Gasteiger charge is 2.32. The molecule has 1 aliphatic rings. The van der Waals surface area contributed by atoms with Gasteiger partial charge >= 0.3 is 0 Å². The quantitative estimate of drug-likeness (QED) is 0.784. The topological polar surface area (TPSA) is 30.5 Å². The average Bonchev–Trinajstić information content (AvgIpc) is 2.49. The Bertz CT molecular complexity index is 439. The van der Waals surface area contributed by atoms with E-state index in [2.05, 4.69) is 37.4 Å². The molecule has 1 aromatic carbocycles. The minimum atomic E-state index is 0.324. The van der Waals surface area contributed by atoms with Crippen molar-refractivity contribution >= 4 is 0 Å². The van der Waals surface area contributed by atoms with Crippen LogP contribution in [-0.4, -0.2) is 40.0 Å². The Morgan fingerprint density at radius 1 is 1.24 bits per heavy atom. The van der Waals surface area contributed by atoms with E-state index in [0.717, 1.165) is 52.2 Å². The second kappa shape index (κ2) is 7.92. The van der Waals surface area contributed by atoms with Gasteiger partial charge in [-0.05, 0) is 49.7 Å². The summed E-state index contributed by atoms with van der Waals surface area (Å²) < 4.78 is 10.7. The first-order valence-corrected chi connectivity index (χ1v) is 7.99. The highest BCUT2D eigenvalue weighted by Crippen LogP contribution is 2.34. The lowest BCUT2D eigenvalue weighted by Gasteiger charge is -2.38. The van der Waals surface area contributed by atoms with Gasteiger partial charge in [-0.3, -0.25) is 0 Å². The van der Waals surface area contributed by atoms with E-state index in [1.54, 1.807) is 7.11 Å². The zero-order valence-electron chi connectivity index (χ0n) is 13.7. The van der Waals surface area contributed by atoms with Gasteiger partial charge in [0.2, 0.25) is 0 Å². The summed E-state index contributed by atoms with van der Waals surface area (Å²) in [4.78, 5) is 0. The zero-order chi connectivity index (χ0) is 15.1. The van der Waals surface area contributed by atoms with E-state index in [-0.39, 0.29) is 0 Å². The molecule has 1 heterocycles. The van der Waals surface area contributed by atoms with Crippen LogP contribution in [0.1, 0.15) is 29.5 Å². The van der Waals surface area contributed by atoms with Crippen molar-refractivity contribution in [1.29, 1.82) is 0 Å². The maximum absolute atomic E-state index is 5.59. The monoisotopic (exact) mass is 291 g/mol. The summed E-state index contributed by atoms with van der Waals surface area (Å²) in [5.41, 5.74) is 4.57. The molecule has 2 rings (SSSR count). The smallest absolute Gasteiger partial charge is 0.0587 e. The third-order valence-corrected chi connectivity index (χ3v) is 4.61. The second-order valence-corrected chi connectivity index (χ2v) is 6.39. The molecule has 1 saturated heterocycles. The predicted molar refractivity (Wildman–Crippen MR) is 86.9 cm³/mol. The van der Waals surface area contributed by atoms with Crippen LogP contribution in [0.4, 0.5) is 0 Å². The van der Waals surface area contributed by atoms with Crippen molar-refractivity contribution in [1.82, 2.24) is 5.32 Å². The summed E-state index contributed by atoms with van der Waals surface area (Å²) in [6, 6.07) is 6.80. The number of benzene rings is 1.